The lowest BCUT2D eigenvalue weighted by molar-refractivity contribution is 0.269. The van der Waals surface area contributed by atoms with Crippen molar-refractivity contribution < 1.29 is 14.6 Å². The average molecular weight is 414 g/mol. The largest absolute Gasteiger partial charge is 0.490 e. The molecule has 0 amide bonds. The second-order valence-corrected chi connectivity index (χ2v) is 6.48. The van der Waals surface area contributed by atoms with Gasteiger partial charge >= 0.3 is 0 Å². The van der Waals surface area contributed by atoms with Crippen LogP contribution in [0.5, 0.6) is 11.5 Å². The average Bonchev–Trinajstić information content (AvgIpc) is 2.65. The molecule has 6 heteroatoms. The molecule has 0 radical (unpaired) electrons. The SMILES string of the molecule is CCOc1cc(CNCCCCCO)cc(Cl)c1OCc1ccccc1.Cl. The van der Waals surface area contributed by atoms with Crippen LogP contribution in [0.15, 0.2) is 42.5 Å². The van der Waals surface area contributed by atoms with E-state index in [0.29, 0.717) is 29.7 Å². The third-order valence-corrected chi connectivity index (χ3v) is 4.22. The number of aliphatic hydroxyl groups excluding tert-OH is 1. The zero-order valence-corrected chi connectivity index (χ0v) is 17.3. The molecule has 0 aliphatic carbocycles. The number of halogens is 2. The molecule has 4 nitrogen and oxygen atoms in total. The van der Waals surface area contributed by atoms with Crippen molar-refractivity contribution in [1.29, 1.82) is 0 Å². The second kappa shape index (κ2) is 13.7. The normalized spacial score (nSPS) is 10.3. The van der Waals surface area contributed by atoms with Gasteiger partial charge in [0.2, 0.25) is 0 Å². The molecule has 0 spiro atoms. The second-order valence-electron chi connectivity index (χ2n) is 6.07. The Morgan fingerprint density at radius 3 is 2.48 bits per heavy atom. The first-order chi connectivity index (χ1) is 12.7. The van der Waals surface area contributed by atoms with Crippen LogP contribution in [0.4, 0.5) is 0 Å². The number of rotatable bonds is 12. The van der Waals surface area contributed by atoms with Crippen LogP contribution in [-0.4, -0.2) is 24.9 Å². The number of nitrogens with one attached hydrogen (secondary N) is 1. The number of aliphatic hydroxyl groups is 1. The molecule has 0 atom stereocenters. The Morgan fingerprint density at radius 2 is 1.78 bits per heavy atom. The van der Waals surface area contributed by atoms with Gasteiger partial charge in [-0.2, -0.15) is 0 Å². The summed E-state index contributed by atoms with van der Waals surface area (Å²) < 4.78 is 11.7. The van der Waals surface area contributed by atoms with Gasteiger partial charge in [0.1, 0.15) is 6.61 Å². The number of benzene rings is 2. The van der Waals surface area contributed by atoms with Gasteiger partial charge in [-0.3, -0.25) is 0 Å². The molecule has 2 aromatic rings. The minimum absolute atomic E-state index is 0. The zero-order chi connectivity index (χ0) is 18.6. The number of hydrogen-bond donors (Lipinski definition) is 2. The third kappa shape index (κ3) is 8.39. The topological polar surface area (TPSA) is 50.7 Å². The smallest absolute Gasteiger partial charge is 0.180 e. The molecular formula is C21H29Cl2NO3. The summed E-state index contributed by atoms with van der Waals surface area (Å²) in [7, 11) is 0. The summed E-state index contributed by atoms with van der Waals surface area (Å²) in [6, 6.07) is 13.9. The van der Waals surface area contributed by atoms with E-state index >= 15 is 0 Å². The van der Waals surface area contributed by atoms with E-state index in [1.54, 1.807) is 0 Å². The summed E-state index contributed by atoms with van der Waals surface area (Å²) in [6.07, 6.45) is 2.93. The third-order valence-electron chi connectivity index (χ3n) is 3.94. The molecule has 0 heterocycles. The highest BCUT2D eigenvalue weighted by Gasteiger charge is 2.13. The van der Waals surface area contributed by atoms with E-state index in [1.807, 2.05) is 49.4 Å². The van der Waals surface area contributed by atoms with Gasteiger partial charge in [0.15, 0.2) is 11.5 Å². The lowest BCUT2D eigenvalue weighted by atomic mass is 10.2. The first-order valence-electron chi connectivity index (χ1n) is 9.18. The van der Waals surface area contributed by atoms with Gasteiger partial charge < -0.3 is 19.9 Å². The molecule has 2 rings (SSSR count). The van der Waals surface area contributed by atoms with Crippen molar-refractivity contribution in [2.75, 3.05) is 19.8 Å². The molecule has 0 bridgehead atoms. The monoisotopic (exact) mass is 413 g/mol. The molecule has 27 heavy (non-hydrogen) atoms. The van der Waals surface area contributed by atoms with Crippen molar-refractivity contribution in [3.05, 3.63) is 58.6 Å². The first kappa shape index (κ1) is 23.6. The van der Waals surface area contributed by atoms with Gasteiger partial charge in [-0.15, -0.1) is 12.4 Å². The maximum atomic E-state index is 8.79. The predicted molar refractivity (Wildman–Crippen MR) is 113 cm³/mol. The Balaban J connectivity index is 0.00000364. The van der Waals surface area contributed by atoms with E-state index in [4.69, 9.17) is 26.2 Å². The summed E-state index contributed by atoms with van der Waals surface area (Å²) in [4.78, 5) is 0. The van der Waals surface area contributed by atoms with E-state index in [-0.39, 0.29) is 19.0 Å². The van der Waals surface area contributed by atoms with Crippen LogP contribution in [0.25, 0.3) is 0 Å². The van der Waals surface area contributed by atoms with Gasteiger partial charge in [-0.25, -0.2) is 0 Å². The zero-order valence-electron chi connectivity index (χ0n) is 15.7. The lowest BCUT2D eigenvalue weighted by Gasteiger charge is -2.16. The van der Waals surface area contributed by atoms with E-state index in [9.17, 15) is 0 Å². The van der Waals surface area contributed by atoms with E-state index < -0.39 is 0 Å². The summed E-state index contributed by atoms with van der Waals surface area (Å²) in [5.74, 6) is 1.26. The minimum Gasteiger partial charge on any atom is -0.490 e. The van der Waals surface area contributed by atoms with Crippen LogP contribution >= 0.6 is 24.0 Å². The van der Waals surface area contributed by atoms with E-state index in [0.717, 1.165) is 43.5 Å². The molecular weight excluding hydrogens is 385 g/mol. The molecule has 0 saturated carbocycles. The molecule has 0 aromatic heterocycles. The van der Waals surface area contributed by atoms with E-state index in [2.05, 4.69) is 5.32 Å². The molecule has 2 N–H and O–H groups in total. The van der Waals surface area contributed by atoms with Crippen molar-refractivity contribution >= 4 is 24.0 Å². The highest BCUT2D eigenvalue weighted by molar-refractivity contribution is 6.32. The van der Waals surface area contributed by atoms with Crippen LogP contribution in [0.2, 0.25) is 5.02 Å². The Hall–Kier alpha value is -1.46. The van der Waals surface area contributed by atoms with Gasteiger partial charge in [-0.1, -0.05) is 41.9 Å². The fourth-order valence-electron chi connectivity index (χ4n) is 2.63. The van der Waals surface area contributed by atoms with E-state index in [1.165, 1.54) is 0 Å². The molecule has 0 aliphatic rings. The maximum Gasteiger partial charge on any atom is 0.180 e. The van der Waals surface area contributed by atoms with Crippen molar-refractivity contribution in [3.63, 3.8) is 0 Å². The van der Waals surface area contributed by atoms with Gasteiger partial charge in [0, 0.05) is 13.2 Å². The van der Waals surface area contributed by atoms with Gasteiger partial charge in [0.25, 0.3) is 0 Å². The van der Waals surface area contributed by atoms with Gasteiger partial charge in [0.05, 0.1) is 11.6 Å². The summed E-state index contributed by atoms with van der Waals surface area (Å²) in [5.41, 5.74) is 2.15. The van der Waals surface area contributed by atoms with Crippen molar-refractivity contribution in [1.82, 2.24) is 5.32 Å². The maximum absolute atomic E-state index is 8.79. The highest BCUT2D eigenvalue weighted by atomic mass is 35.5. The number of ether oxygens (including phenoxy) is 2. The van der Waals surface area contributed by atoms with Gasteiger partial charge in [-0.05, 0) is 56.0 Å². The first-order valence-corrected chi connectivity index (χ1v) is 9.56. The molecule has 0 aliphatic heterocycles. The van der Waals surface area contributed by atoms with Crippen LogP contribution < -0.4 is 14.8 Å². The fraction of sp³-hybridized carbons (Fsp3) is 0.429. The van der Waals surface area contributed by atoms with Crippen molar-refractivity contribution in [2.24, 2.45) is 0 Å². The summed E-state index contributed by atoms with van der Waals surface area (Å²) in [5, 5.41) is 12.8. The number of unbranched alkanes of at least 4 members (excludes halogenated alkanes) is 2. The summed E-state index contributed by atoms with van der Waals surface area (Å²) >= 11 is 6.46. The van der Waals surface area contributed by atoms with Crippen molar-refractivity contribution in [3.8, 4) is 11.5 Å². The molecule has 2 aromatic carbocycles. The molecule has 0 fully saturated rings. The van der Waals surface area contributed by atoms with Crippen LogP contribution in [0.3, 0.4) is 0 Å². The lowest BCUT2D eigenvalue weighted by Crippen LogP contribution is -2.15. The van der Waals surface area contributed by atoms with Crippen LogP contribution in [0, 0.1) is 0 Å². The molecule has 0 saturated heterocycles. The minimum atomic E-state index is 0. The standard InChI is InChI=1S/C21H28ClNO3.ClH/c1-2-25-20-14-18(15-23-11-7-4-8-12-24)13-19(22)21(20)26-16-17-9-5-3-6-10-17;/h3,5-6,9-10,13-14,23-24H,2,4,7-8,11-12,15-16H2,1H3;1H. The Kier molecular flexibility index (Phi) is 11.9. The Bertz CT molecular complexity index is 653. The Labute approximate surface area is 173 Å². The highest BCUT2D eigenvalue weighted by Crippen LogP contribution is 2.37. The Morgan fingerprint density at radius 1 is 1.00 bits per heavy atom. The molecule has 0 unspecified atom stereocenters. The molecule has 150 valence electrons. The van der Waals surface area contributed by atoms with Crippen molar-refractivity contribution in [2.45, 2.75) is 39.3 Å². The van der Waals surface area contributed by atoms with Crippen LogP contribution in [-0.2, 0) is 13.2 Å². The quantitative estimate of drug-likeness (QED) is 0.481. The summed E-state index contributed by atoms with van der Waals surface area (Å²) in [6.45, 7) is 4.84. The fourth-order valence-corrected chi connectivity index (χ4v) is 2.92. The number of hydrogen-bond acceptors (Lipinski definition) is 4. The predicted octanol–water partition coefficient (Wildman–Crippen LogP) is 4.99. The van der Waals surface area contributed by atoms with Crippen LogP contribution in [0.1, 0.15) is 37.3 Å².